The maximum atomic E-state index is 12.0. The first-order valence-corrected chi connectivity index (χ1v) is 7.17. The molecule has 1 aromatic carbocycles. The number of amides is 1. The summed E-state index contributed by atoms with van der Waals surface area (Å²) in [6.07, 6.45) is 4.71. The van der Waals surface area contributed by atoms with Crippen molar-refractivity contribution in [1.82, 2.24) is 5.32 Å². The van der Waals surface area contributed by atoms with E-state index < -0.39 is 5.54 Å². The summed E-state index contributed by atoms with van der Waals surface area (Å²) in [4.78, 5) is 12.0. The first-order valence-electron chi connectivity index (χ1n) is 7.17. The summed E-state index contributed by atoms with van der Waals surface area (Å²) in [6.45, 7) is 2.20. The summed E-state index contributed by atoms with van der Waals surface area (Å²) in [7, 11) is 0. The van der Waals surface area contributed by atoms with Gasteiger partial charge in [0.15, 0.2) is 0 Å². The molecular weight excluding hydrogens is 250 g/mol. The standard InChI is InChI=1S/C16H21N3O/c1-13-7-3-4-8-14(13)18-11-15(20)19-16(12-17)9-5-2-6-10-16/h3-4,7-8,18H,2,5-6,9-11H2,1H3,(H,19,20). The van der Waals surface area contributed by atoms with Gasteiger partial charge in [0.25, 0.3) is 0 Å². The molecule has 0 aromatic heterocycles. The van der Waals surface area contributed by atoms with Gasteiger partial charge in [-0.1, -0.05) is 37.5 Å². The third-order valence-corrected chi connectivity index (χ3v) is 3.88. The average molecular weight is 271 g/mol. The van der Waals surface area contributed by atoms with Crippen molar-refractivity contribution in [3.63, 3.8) is 0 Å². The highest BCUT2D eigenvalue weighted by molar-refractivity contribution is 5.82. The second kappa shape index (κ2) is 6.42. The van der Waals surface area contributed by atoms with Gasteiger partial charge in [-0.3, -0.25) is 4.79 Å². The normalized spacial score (nSPS) is 17.0. The molecule has 2 rings (SSSR count). The SMILES string of the molecule is Cc1ccccc1NCC(=O)NC1(C#N)CCCCC1. The van der Waals surface area contributed by atoms with Crippen molar-refractivity contribution >= 4 is 11.6 Å². The summed E-state index contributed by atoms with van der Waals surface area (Å²) >= 11 is 0. The zero-order chi connectivity index (χ0) is 14.4. The van der Waals surface area contributed by atoms with Crippen LogP contribution >= 0.6 is 0 Å². The zero-order valence-electron chi connectivity index (χ0n) is 11.9. The molecule has 4 nitrogen and oxygen atoms in total. The van der Waals surface area contributed by atoms with Crippen LogP contribution in [0.5, 0.6) is 0 Å². The van der Waals surface area contributed by atoms with Crippen molar-refractivity contribution in [3.8, 4) is 6.07 Å². The van der Waals surface area contributed by atoms with Gasteiger partial charge in [0, 0.05) is 5.69 Å². The van der Waals surface area contributed by atoms with E-state index in [-0.39, 0.29) is 12.5 Å². The first kappa shape index (κ1) is 14.4. The Morgan fingerprint density at radius 3 is 2.65 bits per heavy atom. The molecule has 0 atom stereocenters. The van der Waals surface area contributed by atoms with Gasteiger partial charge >= 0.3 is 0 Å². The Morgan fingerprint density at radius 2 is 2.00 bits per heavy atom. The molecule has 1 saturated carbocycles. The summed E-state index contributed by atoms with van der Waals surface area (Å²) in [6, 6.07) is 10.1. The lowest BCUT2D eigenvalue weighted by Gasteiger charge is -2.31. The molecular formula is C16H21N3O. The smallest absolute Gasteiger partial charge is 0.240 e. The lowest BCUT2D eigenvalue weighted by atomic mass is 9.83. The van der Waals surface area contributed by atoms with E-state index in [9.17, 15) is 10.1 Å². The molecule has 0 unspecified atom stereocenters. The van der Waals surface area contributed by atoms with E-state index in [1.54, 1.807) is 0 Å². The fourth-order valence-corrected chi connectivity index (χ4v) is 2.68. The minimum atomic E-state index is -0.650. The zero-order valence-corrected chi connectivity index (χ0v) is 11.9. The van der Waals surface area contributed by atoms with Gasteiger partial charge in [0.05, 0.1) is 12.6 Å². The lowest BCUT2D eigenvalue weighted by molar-refractivity contribution is -0.121. The van der Waals surface area contributed by atoms with E-state index in [1.807, 2.05) is 31.2 Å². The highest BCUT2D eigenvalue weighted by Gasteiger charge is 2.33. The Balaban J connectivity index is 1.89. The van der Waals surface area contributed by atoms with E-state index in [0.29, 0.717) is 0 Å². The quantitative estimate of drug-likeness (QED) is 0.885. The van der Waals surface area contributed by atoms with Crippen LogP contribution in [0.2, 0.25) is 0 Å². The van der Waals surface area contributed by atoms with Crippen LogP contribution in [-0.4, -0.2) is 18.0 Å². The van der Waals surface area contributed by atoms with Crippen molar-refractivity contribution in [1.29, 1.82) is 5.26 Å². The van der Waals surface area contributed by atoms with Crippen molar-refractivity contribution in [2.24, 2.45) is 0 Å². The fourth-order valence-electron chi connectivity index (χ4n) is 2.68. The largest absolute Gasteiger partial charge is 0.376 e. The van der Waals surface area contributed by atoms with Crippen LogP contribution < -0.4 is 10.6 Å². The number of anilines is 1. The number of aryl methyl sites for hydroxylation is 1. The molecule has 0 spiro atoms. The molecule has 106 valence electrons. The molecule has 1 aromatic rings. The number of nitriles is 1. The fraction of sp³-hybridized carbons (Fsp3) is 0.500. The molecule has 0 aliphatic heterocycles. The van der Waals surface area contributed by atoms with Gasteiger partial charge in [-0.05, 0) is 31.4 Å². The van der Waals surface area contributed by atoms with Crippen molar-refractivity contribution < 1.29 is 4.79 Å². The molecule has 0 heterocycles. The van der Waals surface area contributed by atoms with Crippen LogP contribution in [0.4, 0.5) is 5.69 Å². The van der Waals surface area contributed by atoms with Crippen molar-refractivity contribution in [3.05, 3.63) is 29.8 Å². The number of carbonyl (C=O) groups is 1. The second-order valence-electron chi connectivity index (χ2n) is 5.47. The molecule has 0 bridgehead atoms. The molecule has 1 aliphatic carbocycles. The second-order valence-corrected chi connectivity index (χ2v) is 5.47. The number of carbonyl (C=O) groups excluding carboxylic acids is 1. The highest BCUT2D eigenvalue weighted by Crippen LogP contribution is 2.27. The Labute approximate surface area is 120 Å². The molecule has 1 amide bonds. The van der Waals surface area contributed by atoms with Gasteiger partial charge in [-0.15, -0.1) is 0 Å². The molecule has 1 fully saturated rings. The number of nitrogens with zero attached hydrogens (tertiary/aromatic N) is 1. The summed E-state index contributed by atoms with van der Waals surface area (Å²) < 4.78 is 0. The summed E-state index contributed by atoms with van der Waals surface area (Å²) in [5, 5.41) is 15.4. The lowest BCUT2D eigenvalue weighted by Crippen LogP contribution is -2.50. The first-order chi connectivity index (χ1) is 9.65. The summed E-state index contributed by atoms with van der Waals surface area (Å²) in [5.41, 5.74) is 1.41. The van der Waals surface area contributed by atoms with Crippen molar-refractivity contribution in [2.75, 3.05) is 11.9 Å². The van der Waals surface area contributed by atoms with E-state index in [1.165, 1.54) is 0 Å². The number of hydrogen-bond acceptors (Lipinski definition) is 3. The van der Waals surface area contributed by atoms with Gasteiger partial charge in [-0.25, -0.2) is 0 Å². The molecule has 4 heteroatoms. The average Bonchev–Trinajstić information content (AvgIpc) is 2.47. The number of rotatable bonds is 4. The number of hydrogen-bond donors (Lipinski definition) is 2. The van der Waals surface area contributed by atoms with E-state index in [2.05, 4.69) is 16.7 Å². The highest BCUT2D eigenvalue weighted by atomic mass is 16.2. The third-order valence-electron chi connectivity index (χ3n) is 3.88. The Hall–Kier alpha value is -2.02. The van der Waals surface area contributed by atoms with E-state index in [4.69, 9.17) is 0 Å². The molecule has 20 heavy (non-hydrogen) atoms. The number of para-hydroxylation sites is 1. The van der Waals surface area contributed by atoms with Crippen LogP contribution in [-0.2, 0) is 4.79 Å². The minimum Gasteiger partial charge on any atom is -0.376 e. The topological polar surface area (TPSA) is 64.9 Å². The Bertz CT molecular complexity index is 513. The minimum absolute atomic E-state index is 0.114. The van der Waals surface area contributed by atoms with Crippen LogP contribution in [0.1, 0.15) is 37.7 Å². The van der Waals surface area contributed by atoms with E-state index in [0.717, 1.165) is 43.4 Å². The predicted molar refractivity (Wildman–Crippen MR) is 79.2 cm³/mol. The van der Waals surface area contributed by atoms with Gasteiger partial charge < -0.3 is 10.6 Å². The summed E-state index contributed by atoms with van der Waals surface area (Å²) in [5.74, 6) is -0.114. The van der Waals surface area contributed by atoms with E-state index >= 15 is 0 Å². The molecule has 0 radical (unpaired) electrons. The Kier molecular flexibility index (Phi) is 4.62. The molecule has 1 aliphatic rings. The molecule has 0 saturated heterocycles. The van der Waals surface area contributed by atoms with Crippen LogP contribution in [0.25, 0.3) is 0 Å². The van der Waals surface area contributed by atoms with Crippen molar-refractivity contribution in [2.45, 2.75) is 44.6 Å². The molecule has 2 N–H and O–H groups in total. The van der Waals surface area contributed by atoms with Gasteiger partial charge in [0.1, 0.15) is 5.54 Å². The number of benzene rings is 1. The third kappa shape index (κ3) is 3.51. The predicted octanol–water partition coefficient (Wildman–Crippen LogP) is 2.75. The van der Waals surface area contributed by atoms with Crippen LogP contribution in [0.15, 0.2) is 24.3 Å². The van der Waals surface area contributed by atoms with Crippen LogP contribution in [0.3, 0.4) is 0 Å². The van der Waals surface area contributed by atoms with Gasteiger partial charge in [0.2, 0.25) is 5.91 Å². The maximum absolute atomic E-state index is 12.0. The maximum Gasteiger partial charge on any atom is 0.240 e. The van der Waals surface area contributed by atoms with Crippen LogP contribution in [0, 0.1) is 18.3 Å². The monoisotopic (exact) mass is 271 g/mol. The number of nitrogens with one attached hydrogen (secondary N) is 2. The Morgan fingerprint density at radius 1 is 1.30 bits per heavy atom. The van der Waals surface area contributed by atoms with Gasteiger partial charge in [-0.2, -0.15) is 5.26 Å².